The van der Waals surface area contributed by atoms with Gasteiger partial charge in [-0.15, -0.1) is 0 Å². The summed E-state index contributed by atoms with van der Waals surface area (Å²) in [5.41, 5.74) is 9.40. The number of nitrogens with zero attached hydrogens (tertiary/aromatic N) is 1. The lowest BCUT2D eigenvalue weighted by Crippen LogP contribution is -2.26. The number of rotatable bonds is 4. The van der Waals surface area contributed by atoms with Gasteiger partial charge < -0.3 is 5.73 Å². The molecule has 0 spiro atoms. The largest absolute Gasteiger partial charge is 0.330 e. The number of aromatic nitrogens is 1. The molecule has 1 atom stereocenters. The van der Waals surface area contributed by atoms with Crippen LogP contribution in [0.3, 0.4) is 0 Å². The molecule has 2 nitrogen and oxygen atoms in total. The highest BCUT2D eigenvalue weighted by Crippen LogP contribution is 2.31. The second-order valence-corrected chi connectivity index (χ2v) is 5.29. The summed E-state index contributed by atoms with van der Waals surface area (Å²) in [6.45, 7) is 7.34. The van der Waals surface area contributed by atoms with Crippen LogP contribution in [0, 0.1) is 6.92 Å². The summed E-state index contributed by atoms with van der Waals surface area (Å²) in [6.07, 6.45) is 2.04. The minimum absolute atomic E-state index is 0.0868. The lowest BCUT2D eigenvalue weighted by molar-refractivity contribution is 0.414. The molecule has 18 heavy (non-hydrogen) atoms. The average Bonchev–Trinajstić information content (AvgIpc) is 2.39. The minimum Gasteiger partial charge on any atom is -0.330 e. The molecule has 0 amide bonds. The van der Waals surface area contributed by atoms with Gasteiger partial charge in [0.1, 0.15) is 0 Å². The molecule has 1 aromatic carbocycles. The van der Waals surface area contributed by atoms with Crippen LogP contribution in [0.25, 0.3) is 10.9 Å². The van der Waals surface area contributed by atoms with E-state index in [0.29, 0.717) is 6.54 Å². The van der Waals surface area contributed by atoms with Gasteiger partial charge in [0.25, 0.3) is 0 Å². The summed E-state index contributed by atoms with van der Waals surface area (Å²) in [4.78, 5) is 4.84. The Labute approximate surface area is 109 Å². The first-order valence-corrected chi connectivity index (χ1v) is 6.67. The van der Waals surface area contributed by atoms with Crippen molar-refractivity contribution in [3.63, 3.8) is 0 Å². The monoisotopic (exact) mass is 242 g/mol. The maximum Gasteiger partial charge on any atom is 0.0708 e. The van der Waals surface area contributed by atoms with Gasteiger partial charge in [0, 0.05) is 16.5 Å². The second kappa shape index (κ2) is 5.07. The highest BCUT2D eigenvalue weighted by Gasteiger charge is 2.25. The number of benzene rings is 1. The molecule has 2 aromatic rings. The van der Waals surface area contributed by atoms with Crippen molar-refractivity contribution in [2.45, 2.75) is 39.0 Å². The summed E-state index contributed by atoms with van der Waals surface area (Å²) in [5.74, 6) is 0. The molecule has 0 saturated heterocycles. The first-order valence-electron chi connectivity index (χ1n) is 6.67. The fourth-order valence-corrected chi connectivity index (χ4v) is 2.46. The van der Waals surface area contributed by atoms with Gasteiger partial charge in [0.15, 0.2) is 0 Å². The maximum atomic E-state index is 5.75. The van der Waals surface area contributed by atoms with Gasteiger partial charge in [0.2, 0.25) is 0 Å². The van der Waals surface area contributed by atoms with Crippen molar-refractivity contribution in [1.29, 1.82) is 0 Å². The average molecular weight is 242 g/mol. The van der Waals surface area contributed by atoms with Crippen molar-refractivity contribution >= 4 is 10.9 Å². The van der Waals surface area contributed by atoms with Gasteiger partial charge in [-0.3, -0.25) is 4.98 Å². The number of aryl methyl sites for hydroxylation is 1. The lowest BCUT2D eigenvalue weighted by Gasteiger charge is -2.28. The predicted molar refractivity (Wildman–Crippen MR) is 77.8 cm³/mol. The normalized spacial score (nSPS) is 14.7. The van der Waals surface area contributed by atoms with E-state index in [4.69, 9.17) is 10.7 Å². The fraction of sp³-hybridized carbons (Fsp3) is 0.438. The standard InChI is InChI=1S/C16H22N2/c1-4-16(3,9-10-17)15-11-12(2)13-7-5-6-8-14(13)18-15/h5-8,11H,4,9-10,17H2,1-3H3. The van der Waals surface area contributed by atoms with Crippen LogP contribution in [0.15, 0.2) is 30.3 Å². The number of nitrogens with two attached hydrogens (primary N) is 1. The van der Waals surface area contributed by atoms with Crippen molar-refractivity contribution < 1.29 is 0 Å². The van der Waals surface area contributed by atoms with E-state index in [9.17, 15) is 0 Å². The number of pyridine rings is 1. The van der Waals surface area contributed by atoms with Crippen molar-refractivity contribution in [3.05, 3.63) is 41.6 Å². The molecule has 2 N–H and O–H groups in total. The molecule has 96 valence electrons. The van der Waals surface area contributed by atoms with Crippen molar-refractivity contribution in [1.82, 2.24) is 4.98 Å². The highest BCUT2D eigenvalue weighted by molar-refractivity contribution is 5.82. The molecule has 2 rings (SSSR count). The minimum atomic E-state index is 0.0868. The van der Waals surface area contributed by atoms with Crippen LogP contribution in [0.2, 0.25) is 0 Å². The molecule has 1 unspecified atom stereocenters. The molecular weight excluding hydrogens is 220 g/mol. The lowest BCUT2D eigenvalue weighted by atomic mass is 9.79. The highest BCUT2D eigenvalue weighted by atomic mass is 14.7. The van der Waals surface area contributed by atoms with Crippen LogP contribution in [-0.4, -0.2) is 11.5 Å². The predicted octanol–water partition coefficient (Wildman–Crippen LogP) is 3.56. The molecule has 0 fully saturated rings. The SMILES string of the molecule is CCC(C)(CCN)c1cc(C)c2ccccc2n1. The Morgan fingerprint density at radius 3 is 2.67 bits per heavy atom. The third kappa shape index (κ3) is 2.25. The van der Waals surface area contributed by atoms with Gasteiger partial charge in [-0.1, -0.05) is 32.0 Å². The fourth-order valence-electron chi connectivity index (χ4n) is 2.46. The smallest absolute Gasteiger partial charge is 0.0708 e. The van der Waals surface area contributed by atoms with E-state index in [-0.39, 0.29) is 5.41 Å². The van der Waals surface area contributed by atoms with E-state index in [1.807, 2.05) is 6.07 Å². The third-order valence-corrected chi connectivity index (χ3v) is 4.02. The Morgan fingerprint density at radius 1 is 1.28 bits per heavy atom. The van der Waals surface area contributed by atoms with Gasteiger partial charge >= 0.3 is 0 Å². The Balaban J connectivity index is 2.58. The van der Waals surface area contributed by atoms with E-state index < -0.39 is 0 Å². The molecule has 2 heteroatoms. The summed E-state index contributed by atoms with van der Waals surface area (Å²) < 4.78 is 0. The Morgan fingerprint density at radius 2 is 2.00 bits per heavy atom. The van der Waals surface area contributed by atoms with Crippen molar-refractivity contribution in [2.75, 3.05) is 6.54 Å². The Hall–Kier alpha value is -1.41. The third-order valence-electron chi connectivity index (χ3n) is 4.02. The van der Waals surface area contributed by atoms with Crippen molar-refractivity contribution in [3.8, 4) is 0 Å². The number of hydrogen-bond donors (Lipinski definition) is 1. The van der Waals surface area contributed by atoms with Crippen LogP contribution in [0.5, 0.6) is 0 Å². The van der Waals surface area contributed by atoms with E-state index in [0.717, 1.165) is 18.4 Å². The van der Waals surface area contributed by atoms with Gasteiger partial charge in [-0.25, -0.2) is 0 Å². The maximum absolute atomic E-state index is 5.75. The molecule has 0 aliphatic rings. The molecule has 1 heterocycles. The number of fused-ring (bicyclic) bond motifs is 1. The zero-order valence-corrected chi connectivity index (χ0v) is 11.5. The van der Waals surface area contributed by atoms with Crippen LogP contribution in [-0.2, 0) is 5.41 Å². The van der Waals surface area contributed by atoms with E-state index in [1.165, 1.54) is 16.6 Å². The van der Waals surface area contributed by atoms with E-state index in [2.05, 4.69) is 45.0 Å². The molecule has 1 aromatic heterocycles. The summed E-state index contributed by atoms with van der Waals surface area (Å²) in [7, 11) is 0. The van der Waals surface area contributed by atoms with Crippen LogP contribution in [0.4, 0.5) is 0 Å². The Kier molecular flexibility index (Phi) is 3.67. The topological polar surface area (TPSA) is 38.9 Å². The van der Waals surface area contributed by atoms with Crippen LogP contribution < -0.4 is 5.73 Å². The first-order chi connectivity index (χ1) is 8.60. The van der Waals surface area contributed by atoms with Gasteiger partial charge in [-0.05, 0) is 44.0 Å². The second-order valence-electron chi connectivity index (χ2n) is 5.29. The number of hydrogen-bond acceptors (Lipinski definition) is 2. The van der Waals surface area contributed by atoms with Gasteiger partial charge in [-0.2, -0.15) is 0 Å². The summed E-state index contributed by atoms with van der Waals surface area (Å²) in [5, 5.41) is 1.24. The zero-order valence-electron chi connectivity index (χ0n) is 11.5. The quantitative estimate of drug-likeness (QED) is 0.890. The molecule has 0 saturated carbocycles. The van der Waals surface area contributed by atoms with Crippen molar-refractivity contribution in [2.24, 2.45) is 5.73 Å². The molecule has 0 radical (unpaired) electrons. The van der Waals surface area contributed by atoms with Crippen LogP contribution >= 0.6 is 0 Å². The molecule has 0 bridgehead atoms. The van der Waals surface area contributed by atoms with Gasteiger partial charge in [0.05, 0.1) is 5.52 Å². The van der Waals surface area contributed by atoms with E-state index in [1.54, 1.807) is 0 Å². The zero-order chi connectivity index (χ0) is 13.2. The van der Waals surface area contributed by atoms with E-state index >= 15 is 0 Å². The summed E-state index contributed by atoms with van der Waals surface area (Å²) in [6, 6.07) is 10.6. The number of para-hydroxylation sites is 1. The first kappa shape index (κ1) is 13.0. The molecule has 0 aliphatic heterocycles. The van der Waals surface area contributed by atoms with Crippen LogP contribution in [0.1, 0.15) is 37.9 Å². The molecule has 0 aliphatic carbocycles. The Bertz CT molecular complexity index is 548. The molecular formula is C16H22N2. The summed E-state index contributed by atoms with van der Waals surface area (Å²) >= 11 is 0.